The summed E-state index contributed by atoms with van der Waals surface area (Å²) in [5, 5.41) is 12.1. The fourth-order valence-corrected chi connectivity index (χ4v) is 1.32. The van der Waals surface area contributed by atoms with E-state index in [1.54, 1.807) is 0 Å². The molecule has 0 aromatic rings. The van der Waals surface area contributed by atoms with Crippen molar-refractivity contribution < 1.29 is 14.6 Å². The number of aliphatic hydroxyl groups excluding tert-OH is 1. The lowest BCUT2D eigenvalue weighted by Gasteiger charge is -2.16. The molecular weight excluding hydrogens is 242 g/mol. The summed E-state index contributed by atoms with van der Waals surface area (Å²) in [5.41, 5.74) is 0. The molecular formula is C15H33NO3. The van der Waals surface area contributed by atoms with E-state index < -0.39 is 0 Å². The molecule has 0 saturated carbocycles. The molecule has 1 aliphatic carbocycles. The second kappa shape index (κ2) is 22.3. The number of hydrogen-bond donors (Lipinski definition) is 2. The molecule has 2 N–H and O–H groups in total. The maximum absolute atomic E-state index is 10.0. The van der Waals surface area contributed by atoms with Crippen LogP contribution in [0.5, 0.6) is 0 Å². The van der Waals surface area contributed by atoms with Crippen molar-refractivity contribution in [2.24, 2.45) is 0 Å². The number of rotatable bonds is 2. The summed E-state index contributed by atoms with van der Waals surface area (Å²) in [4.78, 5) is 10.0. The van der Waals surface area contributed by atoms with Crippen LogP contribution in [0.3, 0.4) is 0 Å². The van der Waals surface area contributed by atoms with E-state index >= 15 is 0 Å². The van der Waals surface area contributed by atoms with Crippen molar-refractivity contribution in [3.05, 3.63) is 12.2 Å². The second-order valence-corrected chi connectivity index (χ2v) is 3.51. The zero-order valence-corrected chi connectivity index (χ0v) is 13.5. The zero-order valence-electron chi connectivity index (χ0n) is 13.5. The van der Waals surface area contributed by atoms with Gasteiger partial charge in [-0.3, -0.25) is 4.79 Å². The molecule has 2 atom stereocenters. The molecule has 0 spiro atoms. The molecule has 2 unspecified atom stereocenters. The number of carbonyl (C=O) groups is 1. The summed E-state index contributed by atoms with van der Waals surface area (Å²) in [7, 11) is 3.75. The molecule has 0 radical (unpaired) electrons. The van der Waals surface area contributed by atoms with Gasteiger partial charge in [-0.1, -0.05) is 33.8 Å². The van der Waals surface area contributed by atoms with E-state index in [4.69, 9.17) is 4.74 Å². The number of carbonyl (C=O) groups excluding carboxylic acids is 1. The molecule has 1 rings (SSSR count). The topological polar surface area (TPSA) is 58.6 Å². The summed E-state index contributed by atoms with van der Waals surface area (Å²) >= 11 is 0. The molecule has 0 aliphatic heterocycles. The average molecular weight is 275 g/mol. The first kappa shape index (κ1) is 23.2. The van der Waals surface area contributed by atoms with Crippen molar-refractivity contribution in [3.63, 3.8) is 0 Å². The Morgan fingerprint density at radius 3 is 2.16 bits per heavy atom. The minimum Gasteiger partial charge on any atom is -0.460 e. The van der Waals surface area contributed by atoms with Crippen LogP contribution in [0.2, 0.25) is 0 Å². The predicted molar refractivity (Wildman–Crippen MR) is 82.2 cm³/mol. The van der Waals surface area contributed by atoms with Gasteiger partial charge in [-0.2, -0.15) is 0 Å². The maximum atomic E-state index is 10.0. The Kier molecular flexibility index (Phi) is 27.3. The van der Waals surface area contributed by atoms with Gasteiger partial charge in [-0.25, -0.2) is 0 Å². The maximum Gasteiger partial charge on any atom is 0.293 e. The summed E-state index contributed by atoms with van der Waals surface area (Å²) < 4.78 is 4.79. The lowest BCUT2D eigenvalue weighted by atomic mass is 10.0. The van der Waals surface area contributed by atoms with Crippen LogP contribution in [0.15, 0.2) is 12.2 Å². The zero-order chi connectivity index (χ0) is 15.5. The number of allylic oxidation sites excluding steroid dienone is 1. The second-order valence-electron chi connectivity index (χ2n) is 3.51. The highest BCUT2D eigenvalue weighted by Crippen LogP contribution is 2.14. The van der Waals surface area contributed by atoms with Crippen molar-refractivity contribution in [1.82, 2.24) is 5.32 Å². The molecule has 0 heterocycles. The van der Waals surface area contributed by atoms with Gasteiger partial charge in [0.05, 0.1) is 6.10 Å². The Hall–Kier alpha value is -0.870. The van der Waals surface area contributed by atoms with E-state index in [0.29, 0.717) is 12.9 Å². The largest absolute Gasteiger partial charge is 0.460 e. The van der Waals surface area contributed by atoms with Crippen LogP contribution in [0.1, 0.15) is 53.4 Å². The lowest BCUT2D eigenvalue weighted by Crippen LogP contribution is -2.16. The molecule has 0 fully saturated rings. The Morgan fingerprint density at radius 1 is 1.16 bits per heavy atom. The molecule has 0 aromatic carbocycles. The van der Waals surface area contributed by atoms with Crippen molar-refractivity contribution >= 4 is 6.47 Å². The van der Waals surface area contributed by atoms with Gasteiger partial charge in [-0.05, 0) is 45.9 Å². The third-order valence-electron chi connectivity index (χ3n) is 2.03. The van der Waals surface area contributed by atoms with Crippen molar-refractivity contribution in [2.45, 2.75) is 65.6 Å². The van der Waals surface area contributed by atoms with E-state index in [1.165, 1.54) is 0 Å². The van der Waals surface area contributed by atoms with E-state index in [-0.39, 0.29) is 12.2 Å². The van der Waals surface area contributed by atoms with Gasteiger partial charge in [0.2, 0.25) is 0 Å². The Bertz CT molecular complexity index is 184. The molecule has 0 amide bonds. The minimum absolute atomic E-state index is 0.141. The molecule has 116 valence electrons. The van der Waals surface area contributed by atoms with Crippen LogP contribution in [-0.4, -0.2) is 37.9 Å². The smallest absolute Gasteiger partial charge is 0.293 e. The van der Waals surface area contributed by atoms with Crippen LogP contribution < -0.4 is 5.32 Å². The van der Waals surface area contributed by atoms with Crippen molar-refractivity contribution in [2.75, 3.05) is 14.1 Å². The number of nitrogens with one attached hydrogen (secondary N) is 1. The molecule has 0 bridgehead atoms. The summed E-state index contributed by atoms with van der Waals surface area (Å²) in [6, 6.07) is 0. The van der Waals surface area contributed by atoms with Gasteiger partial charge < -0.3 is 15.2 Å². The van der Waals surface area contributed by atoms with Gasteiger partial charge in [-0.15, -0.1) is 0 Å². The van der Waals surface area contributed by atoms with Crippen LogP contribution in [0, 0.1) is 0 Å². The molecule has 0 aromatic heterocycles. The van der Waals surface area contributed by atoms with E-state index in [2.05, 4.69) is 5.32 Å². The normalized spacial score (nSPS) is 22.5. The van der Waals surface area contributed by atoms with Gasteiger partial charge in [0, 0.05) is 0 Å². The first-order chi connectivity index (χ1) is 9.24. The first-order valence-electron chi connectivity index (χ1n) is 7.26. The van der Waals surface area contributed by atoms with E-state index in [9.17, 15) is 9.90 Å². The third kappa shape index (κ3) is 19.6. The fraction of sp³-hybridized carbons (Fsp3) is 0.800. The van der Waals surface area contributed by atoms with E-state index in [0.717, 1.165) is 19.3 Å². The third-order valence-corrected chi connectivity index (χ3v) is 2.03. The fourth-order valence-electron chi connectivity index (χ4n) is 1.32. The number of aliphatic hydroxyl groups is 1. The van der Waals surface area contributed by atoms with Crippen LogP contribution in [0.4, 0.5) is 0 Å². The quantitative estimate of drug-likeness (QED) is 0.601. The van der Waals surface area contributed by atoms with Crippen molar-refractivity contribution in [1.29, 1.82) is 0 Å². The number of hydrogen-bond acceptors (Lipinski definition) is 4. The highest BCUT2D eigenvalue weighted by Gasteiger charge is 2.11. The van der Waals surface area contributed by atoms with Crippen LogP contribution >= 0.6 is 0 Å². The average Bonchev–Trinajstić information content (AvgIpc) is 2.44. The summed E-state index contributed by atoms with van der Waals surface area (Å²) in [6.45, 7) is 8.46. The molecule has 0 saturated heterocycles. The highest BCUT2D eigenvalue weighted by molar-refractivity contribution is 5.38. The first-order valence-corrected chi connectivity index (χ1v) is 7.26. The highest BCUT2D eigenvalue weighted by atomic mass is 16.5. The van der Waals surface area contributed by atoms with Gasteiger partial charge in [0.15, 0.2) is 0 Å². The minimum atomic E-state index is -0.243. The van der Waals surface area contributed by atoms with Crippen molar-refractivity contribution in [3.8, 4) is 0 Å². The Balaban J connectivity index is -0.000000313. The monoisotopic (exact) mass is 275 g/mol. The SMILES string of the molecule is CC.CC.CNC.O=COC1/C=C/CCC(O)CC1. The molecule has 4 heteroatoms. The Labute approximate surface area is 119 Å². The predicted octanol–water partition coefficient (Wildman–Crippen LogP) is 2.91. The standard InChI is InChI=1S/C9H14O3.C2H7N.2C2H6/c10-7-12-9-4-2-1-3-8(11)5-6-9;1-3-2;2*1-2/h2,4,7-9,11H,1,3,5-6H2;3H,1-2H3;2*1-2H3/b4-2+;;;. The van der Waals surface area contributed by atoms with Gasteiger partial charge in [0.1, 0.15) is 6.10 Å². The lowest BCUT2D eigenvalue weighted by molar-refractivity contribution is -0.132. The molecule has 1 aliphatic rings. The molecule has 19 heavy (non-hydrogen) atoms. The van der Waals surface area contributed by atoms with Gasteiger partial charge in [0.25, 0.3) is 6.47 Å². The van der Waals surface area contributed by atoms with Crippen LogP contribution in [-0.2, 0) is 9.53 Å². The summed E-state index contributed by atoms with van der Waals surface area (Å²) in [5.74, 6) is 0. The summed E-state index contributed by atoms with van der Waals surface area (Å²) in [6.07, 6.45) is 6.56. The Morgan fingerprint density at radius 2 is 1.68 bits per heavy atom. The van der Waals surface area contributed by atoms with Crippen LogP contribution in [0.25, 0.3) is 0 Å². The van der Waals surface area contributed by atoms with Gasteiger partial charge >= 0.3 is 0 Å². The number of ether oxygens (including phenoxy) is 1. The van der Waals surface area contributed by atoms with E-state index in [1.807, 2.05) is 53.9 Å². The molecule has 4 nitrogen and oxygen atoms in total.